The Bertz CT molecular complexity index is 577. The molecular formula is C20H32N4O. The molecule has 5 nitrogen and oxygen atoms in total. The van der Waals surface area contributed by atoms with Crippen LogP contribution in [-0.4, -0.2) is 25.0 Å². The summed E-state index contributed by atoms with van der Waals surface area (Å²) in [5.41, 5.74) is 1.97. The number of anilines is 1. The normalized spacial score (nSPS) is 15.9. The van der Waals surface area contributed by atoms with Crippen molar-refractivity contribution in [3.63, 3.8) is 0 Å². The molecule has 0 unspecified atom stereocenters. The molecule has 0 bridgehead atoms. The molecule has 1 amide bonds. The Kier molecular flexibility index (Phi) is 7.76. The minimum Gasteiger partial charge on any atom is -0.354 e. The minimum absolute atomic E-state index is 0.0647. The Balaban J connectivity index is 1.84. The number of nitrogens with zero attached hydrogens (tertiary/aromatic N) is 1. The number of amides is 1. The van der Waals surface area contributed by atoms with E-state index in [-0.39, 0.29) is 5.91 Å². The van der Waals surface area contributed by atoms with Gasteiger partial charge >= 0.3 is 0 Å². The number of benzene rings is 1. The van der Waals surface area contributed by atoms with Crippen molar-refractivity contribution in [1.29, 1.82) is 0 Å². The van der Waals surface area contributed by atoms with Gasteiger partial charge in [-0.15, -0.1) is 0 Å². The molecule has 0 radical (unpaired) electrons. The molecule has 1 aromatic rings. The molecule has 1 saturated carbocycles. The summed E-state index contributed by atoms with van der Waals surface area (Å²) in [5, 5.41) is 9.85. The average Bonchev–Trinajstić information content (AvgIpc) is 2.59. The van der Waals surface area contributed by atoms with Crippen LogP contribution in [0.15, 0.2) is 29.3 Å². The number of aliphatic imine (C=N–C) groups is 1. The first-order valence-corrected chi connectivity index (χ1v) is 9.43. The summed E-state index contributed by atoms with van der Waals surface area (Å²) in [5.74, 6) is 1.27. The third kappa shape index (κ3) is 7.16. The molecule has 0 aliphatic heterocycles. The van der Waals surface area contributed by atoms with Gasteiger partial charge in [0.2, 0.25) is 5.91 Å². The molecule has 1 aliphatic rings. The Morgan fingerprint density at radius 1 is 1.24 bits per heavy atom. The van der Waals surface area contributed by atoms with Crippen molar-refractivity contribution in [2.24, 2.45) is 10.9 Å². The molecule has 0 aromatic heterocycles. The number of carbonyl (C=O) groups excluding carboxylic acids is 1. The van der Waals surface area contributed by atoms with Crippen molar-refractivity contribution < 1.29 is 4.79 Å². The quantitative estimate of drug-likeness (QED) is 0.545. The third-order valence-corrected chi connectivity index (χ3v) is 4.43. The Morgan fingerprint density at radius 2 is 2.00 bits per heavy atom. The van der Waals surface area contributed by atoms with Gasteiger partial charge in [0.25, 0.3) is 0 Å². The second-order valence-electron chi connectivity index (χ2n) is 7.25. The number of hydrogen-bond acceptors (Lipinski definition) is 2. The summed E-state index contributed by atoms with van der Waals surface area (Å²) >= 11 is 0. The fourth-order valence-electron chi connectivity index (χ4n) is 3.16. The Labute approximate surface area is 151 Å². The zero-order chi connectivity index (χ0) is 18.1. The lowest BCUT2D eigenvalue weighted by Gasteiger charge is -2.25. The van der Waals surface area contributed by atoms with Crippen LogP contribution in [0.2, 0.25) is 0 Å². The molecule has 0 atom stereocenters. The number of nitrogens with one attached hydrogen (secondary N) is 3. The summed E-state index contributed by atoms with van der Waals surface area (Å²) in [6.07, 6.45) is 6.93. The van der Waals surface area contributed by atoms with E-state index in [2.05, 4.69) is 27.0 Å². The van der Waals surface area contributed by atoms with Crippen LogP contribution in [-0.2, 0) is 11.3 Å². The van der Waals surface area contributed by atoms with E-state index in [4.69, 9.17) is 0 Å². The van der Waals surface area contributed by atoms with E-state index in [1.807, 2.05) is 32.0 Å². The highest BCUT2D eigenvalue weighted by Gasteiger charge is 2.14. The van der Waals surface area contributed by atoms with E-state index in [1.54, 1.807) is 7.05 Å². The number of carbonyl (C=O) groups is 1. The Morgan fingerprint density at radius 3 is 2.68 bits per heavy atom. The summed E-state index contributed by atoms with van der Waals surface area (Å²) < 4.78 is 0. The highest BCUT2D eigenvalue weighted by Crippen LogP contribution is 2.17. The molecule has 0 spiro atoms. The maximum atomic E-state index is 11.9. The molecule has 1 aromatic carbocycles. The fourth-order valence-corrected chi connectivity index (χ4v) is 3.16. The first-order chi connectivity index (χ1) is 12.1. The van der Waals surface area contributed by atoms with Gasteiger partial charge in [-0.05, 0) is 36.5 Å². The third-order valence-electron chi connectivity index (χ3n) is 4.43. The number of guanidine groups is 1. The van der Waals surface area contributed by atoms with Gasteiger partial charge < -0.3 is 16.0 Å². The predicted octanol–water partition coefficient (Wildman–Crippen LogP) is 3.67. The predicted molar refractivity (Wildman–Crippen MR) is 105 cm³/mol. The molecule has 25 heavy (non-hydrogen) atoms. The van der Waals surface area contributed by atoms with Crippen LogP contribution in [0.4, 0.5) is 5.69 Å². The van der Waals surface area contributed by atoms with Crippen LogP contribution >= 0.6 is 0 Å². The summed E-state index contributed by atoms with van der Waals surface area (Å²) in [4.78, 5) is 16.2. The van der Waals surface area contributed by atoms with E-state index < -0.39 is 0 Å². The van der Waals surface area contributed by atoms with Crippen LogP contribution < -0.4 is 16.0 Å². The van der Waals surface area contributed by atoms with Crippen molar-refractivity contribution in [3.05, 3.63) is 29.8 Å². The van der Waals surface area contributed by atoms with Gasteiger partial charge in [-0.25, -0.2) is 0 Å². The molecule has 1 aliphatic carbocycles. The zero-order valence-corrected chi connectivity index (χ0v) is 15.8. The van der Waals surface area contributed by atoms with Crippen LogP contribution in [0.5, 0.6) is 0 Å². The highest BCUT2D eigenvalue weighted by atomic mass is 16.1. The molecule has 0 saturated heterocycles. The lowest BCUT2D eigenvalue weighted by molar-refractivity contribution is -0.116. The van der Waals surface area contributed by atoms with Gasteiger partial charge in [0.15, 0.2) is 5.96 Å². The maximum Gasteiger partial charge on any atom is 0.224 e. The molecule has 0 heterocycles. The van der Waals surface area contributed by atoms with E-state index in [0.717, 1.165) is 17.2 Å². The van der Waals surface area contributed by atoms with Gasteiger partial charge in [-0.3, -0.25) is 9.79 Å². The van der Waals surface area contributed by atoms with Crippen LogP contribution in [0.3, 0.4) is 0 Å². The topological polar surface area (TPSA) is 65.5 Å². The molecule has 138 valence electrons. The maximum absolute atomic E-state index is 11.9. The zero-order valence-electron chi connectivity index (χ0n) is 15.8. The lowest BCUT2D eigenvalue weighted by Crippen LogP contribution is -2.43. The number of hydrogen-bond donors (Lipinski definition) is 3. The minimum atomic E-state index is 0.0647. The monoisotopic (exact) mass is 344 g/mol. The first-order valence-electron chi connectivity index (χ1n) is 9.43. The van der Waals surface area contributed by atoms with Crippen LogP contribution in [0, 0.1) is 5.92 Å². The molecule has 2 rings (SSSR count). The van der Waals surface area contributed by atoms with E-state index in [1.165, 1.54) is 32.1 Å². The average molecular weight is 345 g/mol. The van der Waals surface area contributed by atoms with Gasteiger partial charge in [0.05, 0.1) is 0 Å². The van der Waals surface area contributed by atoms with Gasteiger partial charge in [0, 0.05) is 31.7 Å². The molecule has 3 N–H and O–H groups in total. The standard InChI is InChI=1S/C20H32N4O/c1-15(2)12-19(25)23-18-11-7-8-16(13-18)14-22-20(21-3)24-17-9-5-4-6-10-17/h7-8,11,13,15,17H,4-6,9-10,12,14H2,1-3H3,(H,23,25)(H2,21,22,24). The SMILES string of the molecule is CN=C(NCc1cccc(NC(=O)CC(C)C)c1)NC1CCCCC1. The van der Waals surface area contributed by atoms with Crippen molar-refractivity contribution in [2.75, 3.05) is 12.4 Å². The fraction of sp³-hybridized carbons (Fsp3) is 0.600. The van der Waals surface area contributed by atoms with Crippen molar-refractivity contribution in [3.8, 4) is 0 Å². The molecule has 1 fully saturated rings. The van der Waals surface area contributed by atoms with Crippen molar-refractivity contribution in [2.45, 2.75) is 65.0 Å². The number of rotatable bonds is 6. The second-order valence-corrected chi connectivity index (χ2v) is 7.25. The van der Waals surface area contributed by atoms with Crippen molar-refractivity contribution >= 4 is 17.6 Å². The summed E-state index contributed by atoms with van der Waals surface area (Å²) in [6.45, 7) is 4.77. The van der Waals surface area contributed by atoms with E-state index >= 15 is 0 Å². The molecule has 5 heteroatoms. The summed E-state index contributed by atoms with van der Waals surface area (Å²) in [6, 6.07) is 8.50. The molecular weight excluding hydrogens is 312 g/mol. The van der Waals surface area contributed by atoms with Crippen LogP contribution in [0.1, 0.15) is 57.9 Å². The second kappa shape index (κ2) is 10.1. The largest absolute Gasteiger partial charge is 0.354 e. The summed E-state index contributed by atoms with van der Waals surface area (Å²) in [7, 11) is 1.81. The van der Waals surface area contributed by atoms with Crippen molar-refractivity contribution in [1.82, 2.24) is 10.6 Å². The first kappa shape index (κ1) is 19.3. The lowest BCUT2D eigenvalue weighted by atomic mass is 9.96. The van der Waals surface area contributed by atoms with Gasteiger partial charge in [-0.1, -0.05) is 45.2 Å². The Hall–Kier alpha value is -2.04. The highest BCUT2D eigenvalue weighted by molar-refractivity contribution is 5.90. The van der Waals surface area contributed by atoms with Gasteiger partial charge in [0.1, 0.15) is 0 Å². The van der Waals surface area contributed by atoms with E-state index in [9.17, 15) is 4.79 Å². The van der Waals surface area contributed by atoms with E-state index in [0.29, 0.717) is 24.9 Å². The van der Waals surface area contributed by atoms with Gasteiger partial charge in [-0.2, -0.15) is 0 Å². The van der Waals surface area contributed by atoms with Crippen LogP contribution in [0.25, 0.3) is 0 Å². The smallest absolute Gasteiger partial charge is 0.224 e.